The first-order valence-corrected chi connectivity index (χ1v) is 7.82. The van der Waals surface area contributed by atoms with Crippen molar-refractivity contribution in [3.8, 4) is 39.9 Å². The number of methoxy groups -OCH3 is 3. The minimum absolute atomic E-state index is 0.130. The Labute approximate surface area is 148 Å². The average molecular weight is 356 g/mol. The molecule has 1 aromatic heterocycles. The van der Waals surface area contributed by atoms with Crippen molar-refractivity contribution in [1.82, 2.24) is 0 Å². The molecule has 0 spiro atoms. The summed E-state index contributed by atoms with van der Waals surface area (Å²) in [7, 11) is 4.54. The van der Waals surface area contributed by atoms with Crippen LogP contribution in [0.15, 0.2) is 39.7 Å². The second-order valence-electron chi connectivity index (χ2n) is 5.56. The van der Waals surface area contributed by atoms with Crippen LogP contribution in [0.25, 0.3) is 22.1 Å². The zero-order chi connectivity index (χ0) is 18.3. The van der Waals surface area contributed by atoms with E-state index in [9.17, 15) is 4.79 Å². The Morgan fingerprint density at radius 1 is 0.885 bits per heavy atom. The lowest BCUT2D eigenvalue weighted by Gasteiger charge is -2.12. The van der Waals surface area contributed by atoms with Crippen molar-refractivity contribution >= 4 is 11.0 Å². The van der Waals surface area contributed by atoms with E-state index in [1.165, 1.54) is 27.6 Å². The summed E-state index contributed by atoms with van der Waals surface area (Å²) in [5.74, 6) is 2.46. The van der Waals surface area contributed by atoms with Crippen molar-refractivity contribution in [2.45, 2.75) is 0 Å². The average Bonchev–Trinajstić information content (AvgIpc) is 3.13. The lowest BCUT2D eigenvalue weighted by atomic mass is 10.0. The quantitative estimate of drug-likeness (QED) is 0.710. The third-order valence-corrected chi connectivity index (χ3v) is 4.27. The van der Waals surface area contributed by atoms with E-state index in [-0.39, 0.29) is 12.2 Å². The Morgan fingerprint density at radius 3 is 2.31 bits per heavy atom. The van der Waals surface area contributed by atoms with Gasteiger partial charge >= 0.3 is 0 Å². The van der Waals surface area contributed by atoms with Crippen LogP contribution >= 0.6 is 0 Å². The molecule has 0 N–H and O–H groups in total. The van der Waals surface area contributed by atoms with Crippen LogP contribution in [0.1, 0.15) is 0 Å². The Bertz CT molecular complexity index is 1050. The fourth-order valence-corrected chi connectivity index (χ4v) is 3.00. The van der Waals surface area contributed by atoms with Gasteiger partial charge in [-0.2, -0.15) is 0 Å². The summed E-state index contributed by atoms with van der Waals surface area (Å²) in [6, 6.07) is 6.71. The van der Waals surface area contributed by atoms with Gasteiger partial charge in [-0.15, -0.1) is 0 Å². The molecule has 2 heterocycles. The normalized spacial score (nSPS) is 12.3. The van der Waals surface area contributed by atoms with Crippen molar-refractivity contribution in [2.75, 3.05) is 28.1 Å². The van der Waals surface area contributed by atoms with Crippen LogP contribution in [-0.2, 0) is 0 Å². The van der Waals surface area contributed by atoms with Gasteiger partial charge in [0.25, 0.3) is 0 Å². The largest absolute Gasteiger partial charge is 0.496 e. The Kier molecular flexibility index (Phi) is 3.84. The van der Waals surface area contributed by atoms with Crippen molar-refractivity contribution in [1.29, 1.82) is 0 Å². The van der Waals surface area contributed by atoms with E-state index in [4.69, 9.17) is 28.1 Å². The molecule has 26 heavy (non-hydrogen) atoms. The van der Waals surface area contributed by atoms with Gasteiger partial charge in [0.2, 0.25) is 18.0 Å². The third-order valence-electron chi connectivity index (χ3n) is 4.27. The highest BCUT2D eigenvalue weighted by Gasteiger charge is 2.22. The number of benzene rings is 2. The maximum atomic E-state index is 13.1. The summed E-state index contributed by atoms with van der Waals surface area (Å²) >= 11 is 0. The standard InChI is InChI=1S/C19H16O7/c1-21-13-5-4-10-17(20)12(8-24-18(10)19(13)23-3)11-6-15-16(26-9-25-15)7-14(11)22-2/h4-8H,9H2,1-3H3. The molecule has 0 saturated carbocycles. The lowest BCUT2D eigenvalue weighted by molar-refractivity contribution is 0.174. The molecule has 1 aliphatic rings. The molecular formula is C19H16O7. The zero-order valence-corrected chi connectivity index (χ0v) is 14.5. The zero-order valence-electron chi connectivity index (χ0n) is 14.5. The monoisotopic (exact) mass is 356 g/mol. The number of hydrogen-bond acceptors (Lipinski definition) is 7. The first-order valence-electron chi connectivity index (χ1n) is 7.82. The van der Waals surface area contributed by atoms with E-state index >= 15 is 0 Å². The smallest absolute Gasteiger partial charge is 0.231 e. The first kappa shape index (κ1) is 16.1. The predicted molar refractivity (Wildman–Crippen MR) is 93.7 cm³/mol. The summed E-state index contributed by atoms with van der Waals surface area (Å²) in [5.41, 5.74) is 1.01. The Morgan fingerprint density at radius 2 is 1.62 bits per heavy atom. The van der Waals surface area contributed by atoms with Gasteiger partial charge in [0.15, 0.2) is 22.8 Å². The van der Waals surface area contributed by atoms with E-state index in [1.807, 2.05) is 0 Å². The van der Waals surface area contributed by atoms with E-state index in [0.29, 0.717) is 50.8 Å². The SMILES string of the molecule is COc1cc2c(cc1-c1coc3c(OC)c(OC)ccc3c1=O)OCO2. The number of ether oxygens (including phenoxy) is 5. The molecule has 0 radical (unpaired) electrons. The maximum Gasteiger partial charge on any atom is 0.231 e. The van der Waals surface area contributed by atoms with Crippen LogP contribution in [0.2, 0.25) is 0 Å². The summed E-state index contributed by atoms with van der Waals surface area (Å²) in [4.78, 5) is 13.1. The number of hydrogen-bond donors (Lipinski definition) is 0. The molecule has 0 bridgehead atoms. The highest BCUT2D eigenvalue weighted by atomic mass is 16.7. The minimum atomic E-state index is -0.218. The van der Waals surface area contributed by atoms with E-state index in [2.05, 4.69) is 0 Å². The molecule has 4 rings (SSSR count). The van der Waals surface area contributed by atoms with Gasteiger partial charge in [-0.1, -0.05) is 0 Å². The minimum Gasteiger partial charge on any atom is -0.496 e. The highest BCUT2D eigenvalue weighted by molar-refractivity contribution is 5.89. The van der Waals surface area contributed by atoms with Crippen LogP contribution in [-0.4, -0.2) is 28.1 Å². The molecule has 0 unspecified atom stereocenters. The van der Waals surface area contributed by atoms with Crippen molar-refractivity contribution in [3.05, 3.63) is 40.8 Å². The van der Waals surface area contributed by atoms with Crippen molar-refractivity contribution in [3.63, 3.8) is 0 Å². The Balaban J connectivity index is 1.97. The van der Waals surface area contributed by atoms with Crippen molar-refractivity contribution in [2.24, 2.45) is 0 Å². The molecule has 0 aliphatic carbocycles. The molecule has 3 aromatic rings. The summed E-state index contributed by atoms with van der Waals surface area (Å²) in [5, 5.41) is 0.375. The van der Waals surface area contributed by atoms with E-state index < -0.39 is 0 Å². The van der Waals surface area contributed by atoms with Crippen molar-refractivity contribution < 1.29 is 28.1 Å². The van der Waals surface area contributed by atoms with E-state index in [0.717, 1.165) is 0 Å². The van der Waals surface area contributed by atoms with Gasteiger partial charge in [-0.3, -0.25) is 4.79 Å². The molecule has 1 aliphatic heterocycles. The van der Waals surface area contributed by atoms with Gasteiger partial charge in [-0.25, -0.2) is 0 Å². The molecule has 134 valence electrons. The maximum absolute atomic E-state index is 13.1. The second-order valence-corrected chi connectivity index (χ2v) is 5.56. The van der Waals surface area contributed by atoms with Gasteiger partial charge in [-0.05, 0) is 18.2 Å². The molecular weight excluding hydrogens is 340 g/mol. The summed E-state index contributed by atoms with van der Waals surface area (Å²) in [6.07, 6.45) is 1.38. The summed E-state index contributed by atoms with van der Waals surface area (Å²) < 4.78 is 32.5. The number of rotatable bonds is 4. The molecule has 0 atom stereocenters. The molecule has 0 saturated heterocycles. The van der Waals surface area contributed by atoms with Gasteiger partial charge in [0.1, 0.15) is 12.0 Å². The summed E-state index contributed by atoms with van der Waals surface area (Å²) in [6.45, 7) is 0.130. The molecule has 0 fully saturated rings. The topological polar surface area (TPSA) is 76.4 Å². The third kappa shape index (κ3) is 2.32. The van der Waals surface area contributed by atoms with Gasteiger partial charge < -0.3 is 28.1 Å². The molecule has 7 nitrogen and oxygen atoms in total. The predicted octanol–water partition coefficient (Wildman–Crippen LogP) is 3.21. The molecule has 7 heteroatoms. The van der Waals surface area contributed by atoms with Gasteiger partial charge in [0.05, 0.1) is 32.3 Å². The van der Waals surface area contributed by atoms with E-state index in [1.54, 1.807) is 24.3 Å². The molecule has 0 amide bonds. The molecule has 2 aromatic carbocycles. The second kappa shape index (κ2) is 6.18. The fourth-order valence-electron chi connectivity index (χ4n) is 3.00. The van der Waals surface area contributed by atoms with Crippen LogP contribution in [0.5, 0.6) is 28.7 Å². The number of fused-ring (bicyclic) bond motifs is 2. The fraction of sp³-hybridized carbons (Fsp3) is 0.211. The lowest BCUT2D eigenvalue weighted by Crippen LogP contribution is -2.06. The van der Waals surface area contributed by atoms with Crippen LogP contribution in [0.4, 0.5) is 0 Å². The van der Waals surface area contributed by atoms with Crippen LogP contribution in [0, 0.1) is 0 Å². The highest BCUT2D eigenvalue weighted by Crippen LogP contribution is 2.42. The Hall–Kier alpha value is -3.35. The van der Waals surface area contributed by atoms with Crippen LogP contribution < -0.4 is 29.1 Å². The van der Waals surface area contributed by atoms with Crippen LogP contribution in [0.3, 0.4) is 0 Å². The van der Waals surface area contributed by atoms with Gasteiger partial charge in [0, 0.05) is 11.6 Å². The first-order chi connectivity index (χ1) is 12.7.